The molecule has 1 aliphatic carbocycles. The number of hydrogen-bond donors (Lipinski definition) is 0. The first kappa shape index (κ1) is 18.2. The quantitative estimate of drug-likeness (QED) is 0.379. The predicted molar refractivity (Wildman–Crippen MR) is 109 cm³/mol. The Balaban J connectivity index is 1.74. The van der Waals surface area contributed by atoms with E-state index in [1.807, 2.05) is 25.1 Å². The van der Waals surface area contributed by atoms with Crippen molar-refractivity contribution in [3.63, 3.8) is 0 Å². The molecule has 4 rings (SSSR count). The zero-order valence-corrected chi connectivity index (χ0v) is 16.2. The first-order valence-electron chi connectivity index (χ1n) is 10.3. The molecule has 1 aliphatic rings. The number of halogens is 1. The highest BCUT2D eigenvalue weighted by atomic mass is 19.1. The minimum atomic E-state index is -0.439. The van der Waals surface area contributed by atoms with E-state index < -0.39 is 11.4 Å². The molecule has 0 aliphatic heterocycles. The van der Waals surface area contributed by atoms with Crippen LogP contribution < -0.4 is 5.63 Å². The second-order valence-corrected chi connectivity index (χ2v) is 7.97. The maximum absolute atomic E-state index is 14.6. The zero-order chi connectivity index (χ0) is 19.0. The highest BCUT2D eigenvalue weighted by Gasteiger charge is 2.23. The number of benzene rings is 2. The Morgan fingerprint density at radius 2 is 1.74 bits per heavy atom. The third-order valence-corrected chi connectivity index (χ3v) is 6.32. The van der Waals surface area contributed by atoms with Crippen LogP contribution in [0.25, 0.3) is 21.7 Å². The van der Waals surface area contributed by atoms with E-state index in [1.165, 1.54) is 44.1 Å². The van der Waals surface area contributed by atoms with Gasteiger partial charge < -0.3 is 4.42 Å². The van der Waals surface area contributed by atoms with Crippen LogP contribution in [0.1, 0.15) is 69.4 Å². The van der Waals surface area contributed by atoms with Gasteiger partial charge in [0.1, 0.15) is 0 Å². The number of rotatable bonds is 4. The summed E-state index contributed by atoms with van der Waals surface area (Å²) >= 11 is 0. The van der Waals surface area contributed by atoms with Gasteiger partial charge in [0.2, 0.25) is 0 Å². The summed E-state index contributed by atoms with van der Waals surface area (Å²) in [7, 11) is 0. The maximum Gasteiger partial charge on any atom is 0.344 e. The summed E-state index contributed by atoms with van der Waals surface area (Å²) in [6.07, 6.45) is 8.07. The van der Waals surface area contributed by atoms with Gasteiger partial charge in [0.25, 0.3) is 0 Å². The third-order valence-electron chi connectivity index (χ3n) is 6.32. The van der Waals surface area contributed by atoms with Gasteiger partial charge in [-0.15, -0.1) is 0 Å². The van der Waals surface area contributed by atoms with Crippen molar-refractivity contribution in [3.8, 4) is 0 Å². The van der Waals surface area contributed by atoms with Gasteiger partial charge in [-0.1, -0.05) is 51.0 Å². The fourth-order valence-corrected chi connectivity index (χ4v) is 4.74. The molecule has 0 unspecified atom stereocenters. The Morgan fingerprint density at radius 1 is 1.00 bits per heavy atom. The predicted octanol–water partition coefficient (Wildman–Crippen LogP) is 6.72. The van der Waals surface area contributed by atoms with Gasteiger partial charge >= 0.3 is 5.63 Å². The summed E-state index contributed by atoms with van der Waals surface area (Å²) in [4.78, 5) is 12.6. The van der Waals surface area contributed by atoms with Crippen molar-refractivity contribution in [1.29, 1.82) is 0 Å². The van der Waals surface area contributed by atoms with Crippen LogP contribution in [-0.2, 0) is 6.42 Å². The van der Waals surface area contributed by atoms with Crippen LogP contribution in [0.2, 0.25) is 0 Å². The van der Waals surface area contributed by atoms with Crippen LogP contribution in [-0.4, -0.2) is 0 Å². The summed E-state index contributed by atoms with van der Waals surface area (Å²) in [6.45, 7) is 4.15. The lowest BCUT2D eigenvalue weighted by Crippen LogP contribution is -2.13. The van der Waals surface area contributed by atoms with E-state index in [2.05, 4.69) is 13.0 Å². The molecule has 1 heterocycles. The van der Waals surface area contributed by atoms with Crippen molar-refractivity contribution < 1.29 is 8.81 Å². The highest BCUT2D eigenvalue weighted by molar-refractivity contribution is 6.04. The standard InChI is InChI=1S/C24H27FO2/c1-3-5-15-6-8-17(9-7-15)18-11-12-19-20-13-10-16(4-2)22(25)23(20)27-24(26)21(19)14-18/h10-15,17H,3-9H2,1-2H3. The third kappa shape index (κ3) is 3.28. The molecule has 0 saturated heterocycles. The van der Waals surface area contributed by atoms with Crippen LogP contribution in [0.4, 0.5) is 4.39 Å². The Hall–Kier alpha value is -2.16. The van der Waals surface area contributed by atoms with E-state index in [0.29, 0.717) is 28.7 Å². The fraction of sp³-hybridized carbons (Fsp3) is 0.458. The van der Waals surface area contributed by atoms with E-state index in [-0.39, 0.29) is 5.58 Å². The first-order valence-corrected chi connectivity index (χ1v) is 10.3. The zero-order valence-electron chi connectivity index (χ0n) is 16.2. The summed E-state index contributed by atoms with van der Waals surface area (Å²) in [5.41, 5.74) is 1.44. The summed E-state index contributed by atoms with van der Waals surface area (Å²) < 4.78 is 20.0. The first-order chi connectivity index (χ1) is 13.1. The van der Waals surface area contributed by atoms with Crippen molar-refractivity contribution in [1.82, 2.24) is 0 Å². The SMILES string of the molecule is CCCC1CCC(c2ccc3c(c2)c(=O)oc2c(F)c(CC)ccc23)CC1. The topological polar surface area (TPSA) is 30.2 Å². The smallest absolute Gasteiger partial charge is 0.344 e. The lowest BCUT2D eigenvalue weighted by atomic mass is 9.77. The Kier molecular flexibility index (Phi) is 5.03. The molecule has 0 amide bonds. The fourth-order valence-electron chi connectivity index (χ4n) is 4.74. The van der Waals surface area contributed by atoms with Crippen LogP contribution in [0.5, 0.6) is 0 Å². The van der Waals surface area contributed by atoms with Gasteiger partial charge in [0.15, 0.2) is 11.4 Å². The second-order valence-electron chi connectivity index (χ2n) is 7.97. The lowest BCUT2D eigenvalue weighted by Gasteiger charge is -2.28. The molecule has 0 radical (unpaired) electrons. The highest BCUT2D eigenvalue weighted by Crippen LogP contribution is 2.38. The molecule has 1 fully saturated rings. The maximum atomic E-state index is 14.6. The molecule has 3 heteroatoms. The van der Waals surface area contributed by atoms with Gasteiger partial charge in [-0.2, -0.15) is 0 Å². The largest absolute Gasteiger partial charge is 0.419 e. The van der Waals surface area contributed by atoms with Gasteiger partial charge in [-0.05, 0) is 61.1 Å². The van der Waals surface area contributed by atoms with Gasteiger partial charge in [-0.25, -0.2) is 9.18 Å². The molecule has 0 bridgehead atoms. The molecule has 0 spiro atoms. The second kappa shape index (κ2) is 7.46. The van der Waals surface area contributed by atoms with E-state index in [9.17, 15) is 9.18 Å². The minimum absolute atomic E-state index is 0.0830. The van der Waals surface area contributed by atoms with Crippen LogP contribution in [0.15, 0.2) is 39.5 Å². The van der Waals surface area contributed by atoms with Crippen LogP contribution in [0, 0.1) is 11.7 Å². The van der Waals surface area contributed by atoms with Crippen molar-refractivity contribution >= 4 is 21.7 Å². The molecule has 142 valence electrons. The van der Waals surface area contributed by atoms with E-state index in [4.69, 9.17) is 4.42 Å². The molecule has 27 heavy (non-hydrogen) atoms. The van der Waals surface area contributed by atoms with Crippen molar-refractivity contribution in [3.05, 3.63) is 57.7 Å². The van der Waals surface area contributed by atoms with E-state index in [0.717, 1.165) is 11.3 Å². The van der Waals surface area contributed by atoms with Gasteiger partial charge in [0.05, 0.1) is 5.39 Å². The molecule has 0 N–H and O–H groups in total. The molecule has 1 aromatic heterocycles. The van der Waals surface area contributed by atoms with Crippen LogP contribution >= 0.6 is 0 Å². The number of hydrogen-bond acceptors (Lipinski definition) is 2. The van der Waals surface area contributed by atoms with Crippen molar-refractivity contribution in [2.24, 2.45) is 5.92 Å². The molecule has 2 nitrogen and oxygen atoms in total. The van der Waals surface area contributed by atoms with Crippen LogP contribution in [0.3, 0.4) is 0 Å². The summed E-state index contributed by atoms with van der Waals surface area (Å²) in [6, 6.07) is 9.75. The molecular formula is C24H27FO2. The number of aryl methyl sites for hydroxylation is 1. The van der Waals surface area contributed by atoms with Gasteiger partial charge in [-0.3, -0.25) is 0 Å². The summed E-state index contributed by atoms with van der Waals surface area (Å²) in [5.74, 6) is 0.959. The molecule has 2 aromatic carbocycles. The Labute approximate surface area is 159 Å². The van der Waals surface area contributed by atoms with Crippen molar-refractivity contribution in [2.45, 2.75) is 64.7 Å². The van der Waals surface area contributed by atoms with Gasteiger partial charge in [0, 0.05) is 10.8 Å². The number of fused-ring (bicyclic) bond motifs is 3. The normalized spacial score (nSPS) is 20.4. The van der Waals surface area contributed by atoms with Crippen molar-refractivity contribution in [2.75, 3.05) is 0 Å². The average Bonchev–Trinajstić information content (AvgIpc) is 2.70. The average molecular weight is 366 g/mol. The molecule has 0 atom stereocenters. The Bertz CT molecular complexity index is 1030. The molecular weight excluding hydrogens is 339 g/mol. The molecule has 3 aromatic rings. The summed E-state index contributed by atoms with van der Waals surface area (Å²) in [5, 5.41) is 2.03. The monoisotopic (exact) mass is 366 g/mol. The minimum Gasteiger partial charge on any atom is -0.419 e. The molecule has 1 saturated carbocycles. The lowest BCUT2D eigenvalue weighted by molar-refractivity contribution is 0.308. The van der Waals surface area contributed by atoms with E-state index in [1.54, 1.807) is 6.07 Å². The van der Waals surface area contributed by atoms with E-state index >= 15 is 0 Å². The Morgan fingerprint density at radius 3 is 2.44 bits per heavy atom.